The first kappa shape index (κ1) is 16.9. The highest BCUT2D eigenvalue weighted by molar-refractivity contribution is 6.02. The maximum absolute atomic E-state index is 12.3. The molecule has 0 radical (unpaired) electrons. The van der Waals surface area contributed by atoms with E-state index in [1.165, 1.54) is 0 Å². The number of hydrogen-bond donors (Lipinski definition) is 1. The molecule has 1 aromatic heterocycles. The molecule has 1 aliphatic heterocycles. The number of carbonyl (C=O) groups is 2. The Kier molecular flexibility index (Phi) is 4.92. The molecule has 0 aliphatic carbocycles. The lowest BCUT2D eigenvalue weighted by Crippen LogP contribution is -2.48. The summed E-state index contributed by atoms with van der Waals surface area (Å²) in [5, 5.41) is 11.0. The zero-order chi connectivity index (χ0) is 17.8. The minimum Gasteiger partial charge on any atom is -0.352 e. The fourth-order valence-corrected chi connectivity index (χ4v) is 2.78. The SMILES string of the molecule is CC(=O)N1CCN(c2ccc(C(=O)Nc3cccc(C)c3)nn2)CC1. The Morgan fingerprint density at radius 3 is 2.40 bits per heavy atom. The van der Waals surface area contributed by atoms with Crippen LogP contribution in [0, 0.1) is 6.92 Å². The van der Waals surface area contributed by atoms with Crippen LogP contribution in [0.15, 0.2) is 36.4 Å². The molecule has 1 saturated heterocycles. The van der Waals surface area contributed by atoms with Crippen LogP contribution in [0.25, 0.3) is 0 Å². The highest BCUT2D eigenvalue weighted by Gasteiger charge is 2.20. The summed E-state index contributed by atoms with van der Waals surface area (Å²) in [6.45, 7) is 6.32. The molecule has 0 spiro atoms. The van der Waals surface area contributed by atoms with Gasteiger partial charge < -0.3 is 15.1 Å². The second kappa shape index (κ2) is 7.29. The lowest BCUT2D eigenvalue weighted by atomic mass is 10.2. The number of hydrogen-bond acceptors (Lipinski definition) is 5. The first-order chi connectivity index (χ1) is 12.0. The van der Waals surface area contributed by atoms with Crippen molar-refractivity contribution in [3.05, 3.63) is 47.7 Å². The molecule has 2 amide bonds. The minimum absolute atomic E-state index is 0.0916. The van der Waals surface area contributed by atoms with Gasteiger partial charge in [-0.15, -0.1) is 10.2 Å². The fraction of sp³-hybridized carbons (Fsp3) is 0.333. The van der Waals surface area contributed by atoms with Gasteiger partial charge in [-0.05, 0) is 36.8 Å². The van der Waals surface area contributed by atoms with Crippen LogP contribution in [0.1, 0.15) is 23.0 Å². The van der Waals surface area contributed by atoms with E-state index < -0.39 is 0 Å². The third kappa shape index (κ3) is 4.12. The van der Waals surface area contributed by atoms with Crippen molar-refractivity contribution in [1.82, 2.24) is 15.1 Å². The van der Waals surface area contributed by atoms with E-state index >= 15 is 0 Å². The molecule has 1 fully saturated rings. The van der Waals surface area contributed by atoms with Gasteiger partial charge in [0.25, 0.3) is 5.91 Å². The summed E-state index contributed by atoms with van der Waals surface area (Å²) < 4.78 is 0. The number of rotatable bonds is 3. The van der Waals surface area contributed by atoms with Crippen molar-refractivity contribution in [3.8, 4) is 0 Å². The van der Waals surface area contributed by atoms with Crippen molar-refractivity contribution < 1.29 is 9.59 Å². The van der Waals surface area contributed by atoms with Crippen LogP contribution in [0.3, 0.4) is 0 Å². The van der Waals surface area contributed by atoms with Crippen LogP contribution < -0.4 is 10.2 Å². The molecule has 3 rings (SSSR count). The molecule has 0 atom stereocenters. The zero-order valence-corrected chi connectivity index (χ0v) is 14.4. The Hall–Kier alpha value is -2.96. The first-order valence-electron chi connectivity index (χ1n) is 8.25. The monoisotopic (exact) mass is 339 g/mol. The lowest BCUT2D eigenvalue weighted by Gasteiger charge is -2.34. The van der Waals surface area contributed by atoms with Crippen molar-refractivity contribution in [2.45, 2.75) is 13.8 Å². The van der Waals surface area contributed by atoms with Gasteiger partial charge in [0.15, 0.2) is 11.5 Å². The Morgan fingerprint density at radius 2 is 1.80 bits per heavy atom. The van der Waals surface area contributed by atoms with Gasteiger partial charge in [0.2, 0.25) is 5.91 Å². The highest BCUT2D eigenvalue weighted by atomic mass is 16.2. The number of piperazine rings is 1. The van der Waals surface area contributed by atoms with Crippen LogP contribution in [-0.4, -0.2) is 53.1 Å². The van der Waals surface area contributed by atoms with E-state index in [4.69, 9.17) is 0 Å². The topological polar surface area (TPSA) is 78.4 Å². The second-order valence-corrected chi connectivity index (χ2v) is 6.09. The Morgan fingerprint density at radius 1 is 1.04 bits per heavy atom. The van der Waals surface area contributed by atoms with Gasteiger partial charge in [0, 0.05) is 38.8 Å². The number of anilines is 2. The lowest BCUT2D eigenvalue weighted by molar-refractivity contribution is -0.129. The Balaban J connectivity index is 1.62. The third-order valence-corrected chi connectivity index (χ3v) is 4.21. The van der Waals surface area contributed by atoms with Crippen LogP contribution in [0.2, 0.25) is 0 Å². The van der Waals surface area contributed by atoms with E-state index in [0.29, 0.717) is 26.2 Å². The Labute approximate surface area is 146 Å². The number of carbonyl (C=O) groups excluding carboxylic acids is 2. The third-order valence-electron chi connectivity index (χ3n) is 4.21. The predicted molar refractivity (Wildman–Crippen MR) is 95.6 cm³/mol. The molecular formula is C18H21N5O2. The number of amides is 2. The molecule has 130 valence electrons. The molecule has 1 aliphatic rings. The number of aromatic nitrogens is 2. The van der Waals surface area contributed by atoms with E-state index in [9.17, 15) is 9.59 Å². The van der Waals surface area contributed by atoms with Gasteiger partial charge in [-0.3, -0.25) is 9.59 Å². The summed E-state index contributed by atoms with van der Waals surface area (Å²) in [5.41, 5.74) is 2.08. The Bertz CT molecular complexity index is 767. The summed E-state index contributed by atoms with van der Waals surface area (Å²) >= 11 is 0. The van der Waals surface area contributed by atoms with E-state index in [0.717, 1.165) is 17.1 Å². The van der Waals surface area contributed by atoms with Crippen molar-refractivity contribution in [1.29, 1.82) is 0 Å². The largest absolute Gasteiger partial charge is 0.352 e. The first-order valence-corrected chi connectivity index (χ1v) is 8.25. The molecular weight excluding hydrogens is 318 g/mol. The second-order valence-electron chi connectivity index (χ2n) is 6.09. The average molecular weight is 339 g/mol. The van der Waals surface area contributed by atoms with Crippen LogP contribution >= 0.6 is 0 Å². The maximum Gasteiger partial charge on any atom is 0.276 e. The van der Waals surface area contributed by atoms with E-state index in [2.05, 4.69) is 20.4 Å². The van der Waals surface area contributed by atoms with Crippen molar-refractivity contribution in [2.75, 3.05) is 36.4 Å². The number of benzene rings is 1. The molecule has 0 bridgehead atoms. The smallest absolute Gasteiger partial charge is 0.276 e. The summed E-state index contributed by atoms with van der Waals surface area (Å²) in [6, 6.07) is 11.1. The van der Waals surface area contributed by atoms with E-state index in [1.807, 2.05) is 36.1 Å². The quantitative estimate of drug-likeness (QED) is 0.921. The molecule has 25 heavy (non-hydrogen) atoms. The molecule has 2 aromatic rings. The van der Waals surface area contributed by atoms with Crippen molar-refractivity contribution >= 4 is 23.3 Å². The molecule has 2 heterocycles. The highest BCUT2D eigenvalue weighted by Crippen LogP contribution is 2.14. The predicted octanol–water partition coefficient (Wildman–Crippen LogP) is 1.71. The van der Waals surface area contributed by atoms with Gasteiger partial charge >= 0.3 is 0 Å². The molecule has 1 aromatic carbocycles. The van der Waals surface area contributed by atoms with Gasteiger partial charge in [0.1, 0.15) is 0 Å². The summed E-state index contributed by atoms with van der Waals surface area (Å²) in [6.07, 6.45) is 0. The van der Waals surface area contributed by atoms with Crippen LogP contribution in [-0.2, 0) is 4.79 Å². The van der Waals surface area contributed by atoms with Crippen LogP contribution in [0.4, 0.5) is 11.5 Å². The molecule has 0 saturated carbocycles. The van der Waals surface area contributed by atoms with Crippen molar-refractivity contribution in [2.24, 2.45) is 0 Å². The number of aryl methyl sites for hydroxylation is 1. The van der Waals surface area contributed by atoms with Gasteiger partial charge in [0.05, 0.1) is 0 Å². The molecule has 0 unspecified atom stereocenters. The summed E-state index contributed by atoms with van der Waals surface area (Å²) in [4.78, 5) is 27.5. The normalized spacial score (nSPS) is 14.3. The number of nitrogens with one attached hydrogen (secondary N) is 1. The van der Waals surface area contributed by atoms with Crippen LogP contribution in [0.5, 0.6) is 0 Å². The zero-order valence-electron chi connectivity index (χ0n) is 14.4. The standard InChI is InChI=1S/C18H21N5O2/c1-13-4-3-5-15(12-13)19-18(25)16-6-7-17(21-20-16)23-10-8-22(9-11-23)14(2)24/h3-7,12H,8-11H2,1-2H3,(H,19,25). The average Bonchev–Trinajstić information content (AvgIpc) is 2.62. The van der Waals surface area contributed by atoms with Crippen molar-refractivity contribution in [3.63, 3.8) is 0 Å². The summed E-state index contributed by atoms with van der Waals surface area (Å²) in [7, 11) is 0. The van der Waals surface area contributed by atoms with E-state index in [-0.39, 0.29) is 17.5 Å². The van der Waals surface area contributed by atoms with Gasteiger partial charge in [-0.25, -0.2) is 0 Å². The van der Waals surface area contributed by atoms with Gasteiger partial charge in [-0.2, -0.15) is 0 Å². The van der Waals surface area contributed by atoms with E-state index in [1.54, 1.807) is 19.1 Å². The number of nitrogens with zero attached hydrogens (tertiary/aromatic N) is 4. The molecule has 7 heteroatoms. The van der Waals surface area contributed by atoms with Gasteiger partial charge in [-0.1, -0.05) is 12.1 Å². The minimum atomic E-state index is -0.286. The summed E-state index contributed by atoms with van der Waals surface area (Å²) in [5.74, 6) is 0.523. The fourth-order valence-electron chi connectivity index (χ4n) is 2.78. The molecule has 1 N–H and O–H groups in total. The maximum atomic E-state index is 12.3. The molecule has 7 nitrogen and oxygen atoms in total.